The largest absolute Gasteiger partial charge is 0.390 e. The van der Waals surface area contributed by atoms with E-state index >= 15 is 0 Å². The predicted octanol–water partition coefficient (Wildman–Crippen LogP) is 4.06. The van der Waals surface area contributed by atoms with E-state index in [-0.39, 0.29) is 5.82 Å². The number of nitrogens with zero attached hydrogens (tertiary/aromatic N) is 7. The second-order valence-electron chi connectivity index (χ2n) is 9.89. The normalized spacial score (nSPS) is 15.2. The van der Waals surface area contributed by atoms with Crippen molar-refractivity contribution in [1.82, 2.24) is 29.6 Å². The number of benzene rings is 1. The first-order valence-electron chi connectivity index (χ1n) is 12.1. The summed E-state index contributed by atoms with van der Waals surface area (Å²) in [5.74, 6) is 0.337. The number of hydrogen-bond donors (Lipinski definition) is 1. The first-order chi connectivity index (χ1) is 17.7. The second-order valence-corrected chi connectivity index (χ2v) is 9.89. The highest BCUT2D eigenvalue weighted by Crippen LogP contribution is 2.31. The van der Waals surface area contributed by atoms with E-state index in [1.807, 2.05) is 6.07 Å². The molecule has 0 aliphatic carbocycles. The lowest BCUT2D eigenvalue weighted by Crippen LogP contribution is -2.46. The van der Waals surface area contributed by atoms with Crippen molar-refractivity contribution in [2.75, 3.05) is 31.1 Å². The Labute approximate surface area is 212 Å². The summed E-state index contributed by atoms with van der Waals surface area (Å²) in [6, 6.07) is 8.51. The summed E-state index contributed by atoms with van der Waals surface area (Å²) < 4.78 is 41.2. The van der Waals surface area contributed by atoms with Crippen molar-refractivity contribution in [3.8, 4) is 11.3 Å². The van der Waals surface area contributed by atoms with Crippen LogP contribution >= 0.6 is 0 Å². The number of hydrogen-bond acceptors (Lipinski definition) is 7. The Kier molecular flexibility index (Phi) is 6.82. The average Bonchev–Trinajstić information content (AvgIpc) is 3.35. The van der Waals surface area contributed by atoms with E-state index in [1.54, 1.807) is 38.2 Å². The highest BCUT2D eigenvalue weighted by molar-refractivity contribution is 5.83. The fourth-order valence-corrected chi connectivity index (χ4v) is 4.50. The van der Waals surface area contributed by atoms with Gasteiger partial charge >= 0.3 is 6.55 Å². The SMILES string of the molecule is CC(C)(O)Cc1cc2nc(-c3cnn(C(F)F)c3)c(N3CCN(Cc4ccccc4F)CC3)nc2cn1. The Bertz CT molecular complexity index is 1390. The highest BCUT2D eigenvalue weighted by Gasteiger charge is 2.25. The van der Waals surface area contributed by atoms with Crippen LogP contribution in [0.4, 0.5) is 19.0 Å². The summed E-state index contributed by atoms with van der Waals surface area (Å²) in [6.07, 6.45) is 4.57. The molecule has 0 unspecified atom stereocenters. The van der Waals surface area contributed by atoms with Crippen molar-refractivity contribution in [1.29, 1.82) is 0 Å². The molecule has 0 bridgehead atoms. The van der Waals surface area contributed by atoms with E-state index in [2.05, 4.69) is 19.9 Å². The minimum atomic E-state index is -2.77. The molecule has 4 heterocycles. The zero-order valence-electron chi connectivity index (χ0n) is 20.7. The number of anilines is 1. The summed E-state index contributed by atoms with van der Waals surface area (Å²) in [7, 11) is 0. The van der Waals surface area contributed by atoms with Crippen LogP contribution in [0.5, 0.6) is 0 Å². The maximum absolute atomic E-state index is 14.1. The zero-order valence-corrected chi connectivity index (χ0v) is 20.7. The molecule has 1 N–H and O–H groups in total. The Morgan fingerprint density at radius 3 is 2.46 bits per heavy atom. The summed E-state index contributed by atoms with van der Waals surface area (Å²) in [4.78, 5) is 18.3. The van der Waals surface area contributed by atoms with Gasteiger partial charge in [-0.15, -0.1) is 0 Å². The third kappa shape index (κ3) is 5.72. The maximum atomic E-state index is 14.1. The van der Waals surface area contributed by atoms with Gasteiger partial charge < -0.3 is 10.0 Å². The van der Waals surface area contributed by atoms with Gasteiger partial charge in [-0.25, -0.2) is 19.0 Å². The van der Waals surface area contributed by atoms with Crippen LogP contribution in [0.1, 0.15) is 31.7 Å². The highest BCUT2D eigenvalue weighted by atomic mass is 19.3. The average molecular weight is 512 g/mol. The van der Waals surface area contributed by atoms with Crippen LogP contribution in [-0.2, 0) is 13.0 Å². The number of fused-ring (bicyclic) bond motifs is 1. The smallest absolute Gasteiger partial charge is 0.333 e. The fourth-order valence-electron chi connectivity index (χ4n) is 4.50. The quantitative estimate of drug-likeness (QED) is 0.401. The summed E-state index contributed by atoms with van der Waals surface area (Å²) >= 11 is 0. The summed E-state index contributed by atoms with van der Waals surface area (Å²) in [6.45, 7) is 3.69. The van der Waals surface area contributed by atoms with Crippen molar-refractivity contribution in [2.24, 2.45) is 0 Å². The Morgan fingerprint density at radius 1 is 1.03 bits per heavy atom. The van der Waals surface area contributed by atoms with Crippen LogP contribution in [0.25, 0.3) is 22.3 Å². The molecule has 0 saturated carbocycles. The zero-order chi connectivity index (χ0) is 26.2. The molecular weight excluding hydrogens is 483 g/mol. The van der Waals surface area contributed by atoms with Gasteiger partial charge in [0.2, 0.25) is 0 Å². The van der Waals surface area contributed by atoms with Crippen molar-refractivity contribution >= 4 is 16.9 Å². The lowest BCUT2D eigenvalue weighted by molar-refractivity contribution is 0.0566. The molecule has 0 radical (unpaired) electrons. The molecule has 1 aliphatic heterocycles. The van der Waals surface area contributed by atoms with Gasteiger partial charge in [0.25, 0.3) is 0 Å². The van der Waals surface area contributed by atoms with Crippen molar-refractivity contribution < 1.29 is 18.3 Å². The molecule has 37 heavy (non-hydrogen) atoms. The maximum Gasteiger partial charge on any atom is 0.333 e. The van der Waals surface area contributed by atoms with Gasteiger partial charge in [-0.2, -0.15) is 13.9 Å². The molecule has 0 spiro atoms. The van der Waals surface area contributed by atoms with Gasteiger partial charge in [-0.1, -0.05) is 18.2 Å². The molecule has 5 rings (SSSR count). The topological polar surface area (TPSA) is 83.2 Å². The number of halogens is 3. The number of piperazine rings is 1. The molecule has 1 aromatic carbocycles. The van der Waals surface area contributed by atoms with Gasteiger partial charge in [0.1, 0.15) is 17.0 Å². The predicted molar refractivity (Wildman–Crippen MR) is 134 cm³/mol. The number of pyridine rings is 1. The molecule has 4 aromatic rings. The van der Waals surface area contributed by atoms with Crippen LogP contribution in [0.2, 0.25) is 0 Å². The van der Waals surface area contributed by atoms with Gasteiger partial charge in [0, 0.05) is 62.2 Å². The van der Waals surface area contributed by atoms with Gasteiger partial charge in [-0.3, -0.25) is 9.88 Å². The van der Waals surface area contributed by atoms with Crippen molar-refractivity contribution in [3.05, 3.63) is 66.0 Å². The minimum absolute atomic E-state index is 0.222. The molecule has 1 aliphatic rings. The standard InChI is InChI=1S/C26H28F3N7O/c1-26(2,37)12-19-11-21-22(14-30-19)33-24(23(32-21)18-13-31-36(16-18)25(28)29)35-9-7-34(8-10-35)15-17-5-3-4-6-20(17)27/h3-6,11,13-14,16,25,37H,7-10,12,15H2,1-2H3. The van der Waals surface area contributed by atoms with Gasteiger partial charge in [0.15, 0.2) is 5.82 Å². The molecule has 1 fully saturated rings. The van der Waals surface area contributed by atoms with E-state index in [4.69, 9.17) is 9.97 Å². The third-order valence-electron chi connectivity index (χ3n) is 6.30. The van der Waals surface area contributed by atoms with Gasteiger partial charge in [0.05, 0.1) is 23.5 Å². The molecule has 1 saturated heterocycles. The number of aromatic nitrogens is 5. The van der Waals surface area contributed by atoms with E-state index in [0.29, 0.717) is 83.2 Å². The van der Waals surface area contributed by atoms with Gasteiger partial charge in [-0.05, 0) is 26.0 Å². The Hall–Kier alpha value is -3.57. The van der Waals surface area contributed by atoms with E-state index in [0.717, 1.165) is 0 Å². The Balaban J connectivity index is 1.46. The third-order valence-corrected chi connectivity index (χ3v) is 6.30. The Morgan fingerprint density at radius 2 is 1.78 bits per heavy atom. The molecule has 3 aromatic heterocycles. The van der Waals surface area contributed by atoms with Crippen LogP contribution in [0.15, 0.2) is 48.9 Å². The number of rotatable bonds is 7. The monoisotopic (exact) mass is 511 g/mol. The van der Waals surface area contributed by atoms with Crippen LogP contribution < -0.4 is 4.90 Å². The fraction of sp³-hybridized carbons (Fsp3) is 0.385. The first kappa shape index (κ1) is 25.1. The summed E-state index contributed by atoms with van der Waals surface area (Å²) in [5, 5.41) is 14.0. The molecule has 11 heteroatoms. The van der Waals surface area contributed by atoms with Crippen molar-refractivity contribution in [2.45, 2.75) is 39.0 Å². The van der Waals surface area contributed by atoms with E-state index in [9.17, 15) is 18.3 Å². The lowest BCUT2D eigenvalue weighted by atomic mass is 10.0. The second kappa shape index (κ2) is 10.1. The van der Waals surface area contributed by atoms with E-state index in [1.165, 1.54) is 18.5 Å². The number of aliphatic hydroxyl groups is 1. The molecule has 0 amide bonds. The van der Waals surface area contributed by atoms with E-state index < -0.39 is 12.2 Å². The molecule has 194 valence electrons. The summed E-state index contributed by atoms with van der Waals surface area (Å²) in [5.41, 5.74) is 2.34. The number of alkyl halides is 2. The lowest BCUT2D eigenvalue weighted by Gasteiger charge is -2.36. The van der Waals surface area contributed by atoms with Crippen molar-refractivity contribution in [3.63, 3.8) is 0 Å². The molecular formula is C26H28F3N7O. The molecule has 8 nitrogen and oxygen atoms in total. The first-order valence-corrected chi connectivity index (χ1v) is 12.1. The van der Waals surface area contributed by atoms with Crippen LogP contribution in [-0.4, -0.2) is 66.5 Å². The minimum Gasteiger partial charge on any atom is -0.390 e. The van der Waals surface area contributed by atoms with Crippen LogP contribution in [0, 0.1) is 5.82 Å². The molecule has 0 atom stereocenters. The van der Waals surface area contributed by atoms with Crippen LogP contribution in [0.3, 0.4) is 0 Å².